The molecule has 1 aromatic rings. The standard InChI is InChI=1S/C20H27N3O4/c24-18(23-10-2-1-3-11-23)16-8-9-17(12-16)22-20(27)21-13-14-4-6-15(7-5-14)19(25)26/h4-7,16-17H,1-3,8-13H2,(H,25,26)(H2,21,22,27)/t16-,17+/m1/s1. The lowest BCUT2D eigenvalue weighted by molar-refractivity contribution is -0.136. The van der Waals surface area contributed by atoms with Gasteiger partial charge in [0.05, 0.1) is 5.56 Å². The highest BCUT2D eigenvalue weighted by atomic mass is 16.4. The Hall–Kier alpha value is -2.57. The number of piperidine rings is 1. The average molecular weight is 373 g/mol. The van der Waals surface area contributed by atoms with Gasteiger partial charge in [-0.3, -0.25) is 4.79 Å². The summed E-state index contributed by atoms with van der Waals surface area (Å²) in [5.41, 5.74) is 1.05. The quantitative estimate of drug-likeness (QED) is 0.738. The molecule has 146 valence electrons. The van der Waals surface area contributed by atoms with Gasteiger partial charge in [-0.1, -0.05) is 12.1 Å². The Labute approximate surface area is 159 Å². The maximum Gasteiger partial charge on any atom is 0.335 e. The van der Waals surface area contributed by atoms with Gasteiger partial charge in [0, 0.05) is 31.6 Å². The van der Waals surface area contributed by atoms with Crippen molar-refractivity contribution in [2.24, 2.45) is 5.92 Å². The maximum atomic E-state index is 12.6. The lowest BCUT2D eigenvalue weighted by Crippen LogP contribution is -2.42. The SMILES string of the molecule is O=C(NCc1ccc(C(=O)O)cc1)N[C@H]1CC[C@@H](C(=O)N2CCCCC2)C1. The van der Waals surface area contributed by atoms with Crippen molar-refractivity contribution in [2.45, 2.75) is 51.1 Å². The van der Waals surface area contributed by atoms with E-state index in [0.717, 1.165) is 44.3 Å². The van der Waals surface area contributed by atoms with Gasteiger partial charge in [0.1, 0.15) is 0 Å². The average Bonchev–Trinajstić information content (AvgIpc) is 3.15. The van der Waals surface area contributed by atoms with Crippen molar-refractivity contribution in [1.82, 2.24) is 15.5 Å². The van der Waals surface area contributed by atoms with Gasteiger partial charge in [0.15, 0.2) is 0 Å². The van der Waals surface area contributed by atoms with Crippen LogP contribution in [0.5, 0.6) is 0 Å². The molecule has 3 N–H and O–H groups in total. The van der Waals surface area contributed by atoms with Crippen LogP contribution in [0.4, 0.5) is 4.79 Å². The number of carbonyl (C=O) groups excluding carboxylic acids is 2. The number of urea groups is 1. The first-order valence-corrected chi connectivity index (χ1v) is 9.68. The summed E-state index contributed by atoms with van der Waals surface area (Å²) in [6, 6.07) is 6.18. The first-order chi connectivity index (χ1) is 13.0. The van der Waals surface area contributed by atoms with Crippen LogP contribution < -0.4 is 10.6 Å². The van der Waals surface area contributed by atoms with Crippen molar-refractivity contribution >= 4 is 17.9 Å². The van der Waals surface area contributed by atoms with Crippen LogP contribution in [0.1, 0.15) is 54.4 Å². The van der Waals surface area contributed by atoms with Crippen LogP contribution in [-0.2, 0) is 11.3 Å². The number of carbonyl (C=O) groups is 3. The third kappa shape index (κ3) is 5.21. The van der Waals surface area contributed by atoms with Gasteiger partial charge in [-0.05, 0) is 56.2 Å². The normalized spacial score (nSPS) is 22.3. The largest absolute Gasteiger partial charge is 0.478 e. The minimum atomic E-state index is -0.970. The number of hydrogen-bond acceptors (Lipinski definition) is 3. The van der Waals surface area contributed by atoms with Crippen molar-refractivity contribution in [1.29, 1.82) is 0 Å². The molecule has 1 aromatic carbocycles. The number of hydrogen-bond donors (Lipinski definition) is 3. The van der Waals surface area contributed by atoms with Gasteiger partial charge in [-0.25, -0.2) is 9.59 Å². The van der Waals surface area contributed by atoms with E-state index in [2.05, 4.69) is 10.6 Å². The summed E-state index contributed by atoms with van der Waals surface area (Å²) in [6.07, 6.45) is 5.75. The summed E-state index contributed by atoms with van der Waals surface area (Å²) in [5, 5.41) is 14.6. The second-order valence-electron chi connectivity index (χ2n) is 7.42. The molecule has 3 rings (SSSR count). The van der Waals surface area contributed by atoms with E-state index < -0.39 is 5.97 Å². The first-order valence-electron chi connectivity index (χ1n) is 9.68. The molecule has 2 fully saturated rings. The molecule has 27 heavy (non-hydrogen) atoms. The van der Waals surface area contributed by atoms with Gasteiger partial charge in [0.25, 0.3) is 0 Å². The summed E-state index contributed by atoms with van der Waals surface area (Å²) in [7, 11) is 0. The summed E-state index contributed by atoms with van der Waals surface area (Å²) in [5.74, 6) is -0.697. The Morgan fingerprint density at radius 1 is 1.04 bits per heavy atom. The summed E-state index contributed by atoms with van der Waals surface area (Å²) in [6.45, 7) is 2.07. The van der Waals surface area contributed by atoms with Crippen LogP contribution in [0.2, 0.25) is 0 Å². The number of amides is 3. The zero-order chi connectivity index (χ0) is 19.2. The fraction of sp³-hybridized carbons (Fsp3) is 0.550. The Bertz CT molecular complexity index is 683. The molecule has 1 heterocycles. The Morgan fingerprint density at radius 3 is 2.41 bits per heavy atom. The van der Waals surface area contributed by atoms with Crippen LogP contribution in [0.15, 0.2) is 24.3 Å². The number of nitrogens with zero attached hydrogens (tertiary/aromatic N) is 1. The van der Waals surface area contributed by atoms with Crippen LogP contribution >= 0.6 is 0 Å². The fourth-order valence-electron chi connectivity index (χ4n) is 3.89. The van der Waals surface area contributed by atoms with Gasteiger partial charge in [-0.2, -0.15) is 0 Å². The zero-order valence-electron chi connectivity index (χ0n) is 15.4. The molecule has 0 radical (unpaired) electrons. The maximum absolute atomic E-state index is 12.6. The van der Waals surface area contributed by atoms with Gasteiger partial charge in [-0.15, -0.1) is 0 Å². The monoisotopic (exact) mass is 373 g/mol. The topological polar surface area (TPSA) is 98.7 Å². The van der Waals surface area contributed by atoms with Crippen LogP contribution in [-0.4, -0.2) is 47.0 Å². The van der Waals surface area contributed by atoms with Crippen molar-refractivity contribution in [3.63, 3.8) is 0 Å². The predicted molar refractivity (Wildman–Crippen MR) is 100 cm³/mol. The highest BCUT2D eigenvalue weighted by Crippen LogP contribution is 2.28. The molecular formula is C20H27N3O4. The van der Waals surface area contributed by atoms with E-state index in [1.807, 2.05) is 4.90 Å². The van der Waals surface area contributed by atoms with E-state index in [1.165, 1.54) is 18.6 Å². The highest BCUT2D eigenvalue weighted by molar-refractivity contribution is 5.87. The Morgan fingerprint density at radius 2 is 1.74 bits per heavy atom. The molecule has 2 atom stereocenters. The number of carboxylic acids is 1. The summed E-state index contributed by atoms with van der Waals surface area (Å²) in [4.78, 5) is 37.5. The fourth-order valence-corrected chi connectivity index (χ4v) is 3.89. The van der Waals surface area contributed by atoms with Crippen molar-refractivity contribution < 1.29 is 19.5 Å². The molecule has 0 unspecified atom stereocenters. The van der Waals surface area contributed by atoms with E-state index in [1.54, 1.807) is 12.1 Å². The van der Waals surface area contributed by atoms with Gasteiger partial charge < -0.3 is 20.6 Å². The molecule has 2 aliphatic rings. The van der Waals surface area contributed by atoms with Crippen molar-refractivity contribution in [3.05, 3.63) is 35.4 Å². The van der Waals surface area contributed by atoms with Crippen molar-refractivity contribution in [2.75, 3.05) is 13.1 Å². The molecule has 3 amide bonds. The van der Waals surface area contributed by atoms with E-state index in [4.69, 9.17) is 5.11 Å². The zero-order valence-corrected chi connectivity index (χ0v) is 15.4. The third-order valence-corrected chi connectivity index (χ3v) is 5.44. The van der Waals surface area contributed by atoms with Crippen LogP contribution in [0, 0.1) is 5.92 Å². The molecule has 0 spiro atoms. The number of likely N-dealkylation sites (tertiary alicyclic amines) is 1. The Balaban J connectivity index is 1.40. The molecule has 7 nitrogen and oxygen atoms in total. The van der Waals surface area contributed by atoms with E-state index in [-0.39, 0.29) is 29.5 Å². The van der Waals surface area contributed by atoms with Gasteiger partial charge in [0.2, 0.25) is 5.91 Å². The van der Waals surface area contributed by atoms with E-state index in [0.29, 0.717) is 13.0 Å². The van der Waals surface area contributed by atoms with Crippen LogP contribution in [0.25, 0.3) is 0 Å². The minimum Gasteiger partial charge on any atom is -0.478 e. The number of rotatable bonds is 5. The Kier molecular flexibility index (Phi) is 6.32. The highest BCUT2D eigenvalue weighted by Gasteiger charge is 2.33. The molecule has 1 saturated heterocycles. The summed E-state index contributed by atoms with van der Waals surface area (Å²) >= 11 is 0. The number of aromatic carboxylic acids is 1. The van der Waals surface area contributed by atoms with E-state index >= 15 is 0 Å². The second kappa shape index (κ2) is 8.88. The smallest absolute Gasteiger partial charge is 0.335 e. The van der Waals surface area contributed by atoms with Crippen molar-refractivity contribution in [3.8, 4) is 0 Å². The molecule has 7 heteroatoms. The number of carboxylic acid groups (broad SMARTS) is 1. The summed E-state index contributed by atoms with van der Waals surface area (Å²) < 4.78 is 0. The van der Waals surface area contributed by atoms with E-state index in [9.17, 15) is 14.4 Å². The second-order valence-corrected chi connectivity index (χ2v) is 7.42. The molecule has 0 aromatic heterocycles. The molecule has 1 aliphatic carbocycles. The first kappa shape index (κ1) is 19.2. The number of nitrogens with one attached hydrogen (secondary N) is 2. The lowest BCUT2D eigenvalue weighted by atomic mass is 10.0. The number of benzene rings is 1. The third-order valence-electron chi connectivity index (χ3n) is 5.44. The molecule has 1 aliphatic heterocycles. The van der Waals surface area contributed by atoms with Gasteiger partial charge >= 0.3 is 12.0 Å². The lowest BCUT2D eigenvalue weighted by Gasteiger charge is -2.29. The molecule has 1 saturated carbocycles. The van der Waals surface area contributed by atoms with Crippen LogP contribution in [0.3, 0.4) is 0 Å². The minimum absolute atomic E-state index is 0.0250. The predicted octanol–water partition coefficient (Wildman–Crippen LogP) is 2.37. The molecule has 0 bridgehead atoms. The molecular weight excluding hydrogens is 346 g/mol.